The fourth-order valence-corrected chi connectivity index (χ4v) is 2.53. The predicted molar refractivity (Wildman–Crippen MR) is 52.8 cm³/mol. The van der Waals surface area contributed by atoms with Gasteiger partial charge in [-0.3, -0.25) is 0 Å². The minimum Gasteiger partial charge on any atom is -0.373 e. The van der Waals surface area contributed by atoms with Gasteiger partial charge in [0.05, 0.1) is 16.0 Å². The summed E-state index contributed by atoms with van der Waals surface area (Å²) in [5, 5.41) is 1.13. The highest BCUT2D eigenvalue weighted by molar-refractivity contribution is 7.11. The van der Waals surface area contributed by atoms with E-state index in [1.165, 1.54) is 11.3 Å². The molecule has 1 unspecified atom stereocenters. The van der Waals surface area contributed by atoms with Gasteiger partial charge in [0.25, 0.3) is 0 Å². The van der Waals surface area contributed by atoms with E-state index in [1.807, 2.05) is 6.20 Å². The molecule has 1 aliphatic heterocycles. The van der Waals surface area contributed by atoms with Crippen LogP contribution in [-0.4, -0.2) is 18.1 Å². The second-order valence-electron chi connectivity index (χ2n) is 3.20. The number of rotatable bonds is 3. The van der Waals surface area contributed by atoms with Crippen molar-refractivity contribution in [3.63, 3.8) is 0 Å². The van der Waals surface area contributed by atoms with Crippen LogP contribution in [0, 0.1) is 0 Å². The molecule has 72 valence electrons. The van der Waals surface area contributed by atoms with Crippen LogP contribution in [-0.2, 0) is 11.2 Å². The lowest BCUT2D eigenvalue weighted by Crippen LogP contribution is -2.01. The summed E-state index contributed by atoms with van der Waals surface area (Å²) in [6.45, 7) is 1.58. The lowest BCUT2D eigenvalue weighted by Gasteiger charge is -2.03. The topological polar surface area (TPSA) is 48.1 Å². The highest BCUT2D eigenvalue weighted by Gasteiger charge is 2.19. The van der Waals surface area contributed by atoms with E-state index in [2.05, 4.69) is 4.98 Å². The smallest absolute Gasteiger partial charge is 0.0941 e. The zero-order valence-corrected chi connectivity index (χ0v) is 8.35. The van der Waals surface area contributed by atoms with E-state index in [0.29, 0.717) is 12.6 Å². The van der Waals surface area contributed by atoms with Crippen LogP contribution >= 0.6 is 11.3 Å². The van der Waals surface area contributed by atoms with Gasteiger partial charge in [-0.15, -0.1) is 11.3 Å². The number of nitrogens with zero attached hydrogens (tertiary/aromatic N) is 1. The molecule has 4 heteroatoms. The van der Waals surface area contributed by atoms with Crippen LogP contribution in [0.5, 0.6) is 0 Å². The summed E-state index contributed by atoms with van der Waals surface area (Å²) in [5.41, 5.74) is 5.46. The summed E-state index contributed by atoms with van der Waals surface area (Å²) in [6.07, 6.45) is 5.45. The van der Waals surface area contributed by atoms with Crippen LogP contribution in [0.25, 0.3) is 0 Å². The molecule has 1 fully saturated rings. The fourth-order valence-electron chi connectivity index (χ4n) is 1.51. The summed E-state index contributed by atoms with van der Waals surface area (Å²) in [6, 6.07) is 0. The zero-order chi connectivity index (χ0) is 9.10. The second-order valence-corrected chi connectivity index (χ2v) is 4.34. The number of hydrogen-bond donors (Lipinski definition) is 1. The van der Waals surface area contributed by atoms with E-state index in [0.717, 1.165) is 24.5 Å². The highest BCUT2D eigenvalue weighted by Crippen LogP contribution is 2.31. The normalized spacial score (nSPS) is 22.4. The molecule has 2 heterocycles. The van der Waals surface area contributed by atoms with Crippen molar-refractivity contribution in [1.29, 1.82) is 0 Å². The van der Waals surface area contributed by atoms with Crippen molar-refractivity contribution >= 4 is 11.3 Å². The molecule has 1 aliphatic rings. The maximum absolute atomic E-state index is 5.57. The van der Waals surface area contributed by atoms with Crippen LogP contribution in [0.4, 0.5) is 0 Å². The largest absolute Gasteiger partial charge is 0.373 e. The van der Waals surface area contributed by atoms with Gasteiger partial charge in [0, 0.05) is 19.2 Å². The average Bonchev–Trinajstić information content (AvgIpc) is 2.70. The molecular formula is C9H14N2OS. The van der Waals surface area contributed by atoms with Crippen molar-refractivity contribution in [1.82, 2.24) is 4.98 Å². The number of hydrogen-bond acceptors (Lipinski definition) is 4. The van der Waals surface area contributed by atoms with E-state index in [-0.39, 0.29) is 0 Å². The molecule has 0 bridgehead atoms. The molecule has 1 atom stereocenters. The van der Waals surface area contributed by atoms with E-state index in [9.17, 15) is 0 Å². The first-order chi connectivity index (χ1) is 6.40. The van der Waals surface area contributed by atoms with E-state index in [1.54, 1.807) is 11.3 Å². The van der Waals surface area contributed by atoms with E-state index < -0.39 is 0 Å². The Morgan fingerprint density at radius 3 is 3.31 bits per heavy atom. The molecule has 0 saturated carbocycles. The second kappa shape index (κ2) is 4.17. The summed E-state index contributed by atoms with van der Waals surface area (Å²) < 4.78 is 5.57. The van der Waals surface area contributed by atoms with Crippen LogP contribution in [0.15, 0.2) is 6.20 Å². The molecule has 2 N–H and O–H groups in total. The molecule has 0 aliphatic carbocycles. The SMILES string of the molecule is NCCc1ncc(C2CCCO2)s1. The molecule has 0 aromatic carbocycles. The maximum atomic E-state index is 5.57. The van der Waals surface area contributed by atoms with E-state index in [4.69, 9.17) is 10.5 Å². The average molecular weight is 198 g/mol. The standard InChI is InChI=1S/C9H14N2OS/c10-4-3-9-11-6-8(13-9)7-2-1-5-12-7/h6-7H,1-5,10H2. The van der Waals surface area contributed by atoms with Crippen molar-refractivity contribution in [2.45, 2.75) is 25.4 Å². The number of ether oxygens (including phenoxy) is 1. The van der Waals surface area contributed by atoms with Gasteiger partial charge in [-0.05, 0) is 19.4 Å². The Morgan fingerprint density at radius 1 is 1.69 bits per heavy atom. The highest BCUT2D eigenvalue weighted by atomic mass is 32.1. The number of thiazole rings is 1. The summed E-state index contributed by atoms with van der Waals surface area (Å²) >= 11 is 1.74. The van der Waals surface area contributed by atoms with Crippen molar-refractivity contribution in [3.8, 4) is 0 Å². The Balaban J connectivity index is 2.03. The first kappa shape index (κ1) is 9.12. The third kappa shape index (κ3) is 2.07. The third-order valence-corrected chi connectivity index (χ3v) is 3.33. The molecule has 13 heavy (non-hydrogen) atoms. The van der Waals surface area contributed by atoms with Gasteiger partial charge >= 0.3 is 0 Å². The molecule has 0 radical (unpaired) electrons. The number of aromatic nitrogens is 1. The first-order valence-corrected chi connectivity index (χ1v) is 5.48. The van der Waals surface area contributed by atoms with Crippen molar-refractivity contribution in [3.05, 3.63) is 16.1 Å². The summed E-state index contributed by atoms with van der Waals surface area (Å²) in [7, 11) is 0. The Labute approximate surface area is 81.9 Å². The Morgan fingerprint density at radius 2 is 2.62 bits per heavy atom. The summed E-state index contributed by atoms with van der Waals surface area (Å²) in [4.78, 5) is 5.57. The van der Waals surface area contributed by atoms with Gasteiger partial charge in [-0.25, -0.2) is 4.98 Å². The Bertz CT molecular complexity index is 268. The lowest BCUT2D eigenvalue weighted by molar-refractivity contribution is 0.114. The zero-order valence-electron chi connectivity index (χ0n) is 7.53. The molecule has 0 amide bonds. The minimum atomic E-state index is 0.309. The van der Waals surface area contributed by atoms with Crippen molar-refractivity contribution in [2.24, 2.45) is 5.73 Å². The monoisotopic (exact) mass is 198 g/mol. The van der Waals surface area contributed by atoms with Crippen LogP contribution in [0.1, 0.15) is 28.8 Å². The molecule has 0 spiro atoms. The van der Waals surface area contributed by atoms with Crippen LogP contribution < -0.4 is 5.73 Å². The van der Waals surface area contributed by atoms with Gasteiger partial charge in [0.15, 0.2) is 0 Å². The van der Waals surface area contributed by atoms with Gasteiger partial charge in [0.2, 0.25) is 0 Å². The van der Waals surface area contributed by atoms with Crippen molar-refractivity contribution in [2.75, 3.05) is 13.2 Å². The summed E-state index contributed by atoms with van der Waals surface area (Å²) in [5.74, 6) is 0. The van der Waals surface area contributed by atoms with Crippen molar-refractivity contribution < 1.29 is 4.74 Å². The minimum absolute atomic E-state index is 0.309. The molecular weight excluding hydrogens is 184 g/mol. The molecule has 3 nitrogen and oxygen atoms in total. The van der Waals surface area contributed by atoms with Gasteiger partial charge in [-0.1, -0.05) is 0 Å². The lowest BCUT2D eigenvalue weighted by atomic mass is 10.2. The number of nitrogens with two attached hydrogens (primary N) is 1. The first-order valence-electron chi connectivity index (χ1n) is 4.66. The Kier molecular flexibility index (Phi) is 2.93. The molecule has 1 saturated heterocycles. The Hall–Kier alpha value is -0.450. The molecule has 1 aromatic heterocycles. The predicted octanol–water partition coefficient (Wildman–Crippen LogP) is 1.50. The fraction of sp³-hybridized carbons (Fsp3) is 0.667. The van der Waals surface area contributed by atoms with Gasteiger partial charge < -0.3 is 10.5 Å². The van der Waals surface area contributed by atoms with Gasteiger partial charge in [-0.2, -0.15) is 0 Å². The van der Waals surface area contributed by atoms with E-state index >= 15 is 0 Å². The third-order valence-electron chi connectivity index (χ3n) is 2.18. The van der Waals surface area contributed by atoms with Crippen LogP contribution in [0.2, 0.25) is 0 Å². The quantitative estimate of drug-likeness (QED) is 0.800. The van der Waals surface area contributed by atoms with Crippen LogP contribution in [0.3, 0.4) is 0 Å². The van der Waals surface area contributed by atoms with Gasteiger partial charge in [0.1, 0.15) is 0 Å². The molecule has 1 aromatic rings. The maximum Gasteiger partial charge on any atom is 0.0941 e. The molecule has 2 rings (SSSR count).